The third kappa shape index (κ3) is 5.31. The number of hydrogen-bond donors (Lipinski definition) is 0. The molecule has 0 atom stereocenters. The molecule has 5 heteroatoms. The molecule has 1 rings (SSSR count). The van der Waals surface area contributed by atoms with E-state index in [2.05, 4.69) is 0 Å². The van der Waals surface area contributed by atoms with Gasteiger partial charge in [0.2, 0.25) is 0 Å². The molecule has 3 nitrogen and oxygen atoms in total. The first kappa shape index (κ1) is 14.7. The molecule has 0 aliphatic rings. The summed E-state index contributed by atoms with van der Waals surface area (Å²) in [5, 5.41) is 0. The summed E-state index contributed by atoms with van der Waals surface area (Å²) in [6, 6.07) is 3.96. The molecule has 1 aromatic rings. The van der Waals surface area contributed by atoms with E-state index in [0.29, 0.717) is 11.2 Å². The lowest BCUT2D eigenvalue weighted by Crippen LogP contribution is -2.24. The molecule has 0 saturated carbocycles. The molecule has 0 fully saturated rings. The van der Waals surface area contributed by atoms with Crippen molar-refractivity contribution in [3.63, 3.8) is 0 Å². The van der Waals surface area contributed by atoms with Gasteiger partial charge in [0, 0.05) is 10.5 Å². The van der Waals surface area contributed by atoms with Gasteiger partial charge in [-0.3, -0.25) is 9.59 Å². The lowest BCUT2D eigenvalue weighted by molar-refractivity contribution is -0.151. The lowest BCUT2D eigenvalue weighted by Gasteiger charge is -2.19. The molecule has 0 radical (unpaired) electrons. The van der Waals surface area contributed by atoms with Crippen LogP contribution in [-0.4, -0.2) is 23.6 Å². The van der Waals surface area contributed by atoms with Gasteiger partial charge in [0.25, 0.3) is 0 Å². The van der Waals surface area contributed by atoms with Gasteiger partial charge >= 0.3 is 5.97 Å². The quantitative estimate of drug-likeness (QED) is 0.479. The second-order valence-electron chi connectivity index (χ2n) is 4.71. The van der Waals surface area contributed by atoms with Gasteiger partial charge in [-0.15, -0.1) is 11.8 Å². The molecule has 0 aromatic heterocycles. The molecule has 0 saturated heterocycles. The van der Waals surface area contributed by atoms with Crippen LogP contribution in [-0.2, 0) is 9.53 Å². The zero-order valence-corrected chi connectivity index (χ0v) is 11.3. The third-order valence-electron chi connectivity index (χ3n) is 1.81. The Morgan fingerprint density at radius 2 is 2.06 bits per heavy atom. The molecule has 0 aliphatic heterocycles. The van der Waals surface area contributed by atoms with E-state index in [9.17, 15) is 14.0 Å². The van der Waals surface area contributed by atoms with Crippen LogP contribution in [0.15, 0.2) is 23.1 Å². The summed E-state index contributed by atoms with van der Waals surface area (Å²) in [6.45, 7) is 5.34. The first-order valence-corrected chi connectivity index (χ1v) is 6.39. The average Bonchev–Trinajstić information content (AvgIpc) is 2.23. The molecule has 0 spiro atoms. The Morgan fingerprint density at radius 3 is 2.61 bits per heavy atom. The predicted octanol–water partition coefficient (Wildman–Crippen LogP) is 3.07. The maximum atomic E-state index is 13.1. The summed E-state index contributed by atoms with van der Waals surface area (Å²) in [6.07, 6.45) is 0.570. The van der Waals surface area contributed by atoms with Crippen LogP contribution in [0.1, 0.15) is 31.1 Å². The highest BCUT2D eigenvalue weighted by Gasteiger charge is 2.16. The zero-order chi connectivity index (χ0) is 13.8. The van der Waals surface area contributed by atoms with Crippen molar-refractivity contribution in [3.8, 4) is 0 Å². The Balaban J connectivity index is 2.61. The van der Waals surface area contributed by atoms with Gasteiger partial charge < -0.3 is 4.74 Å². The summed E-state index contributed by atoms with van der Waals surface area (Å²) in [5.41, 5.74) is -0.283. The Labute approximate surface area is 110 Å². The van der Waals surface area contributed by atoms with Crippen LogP contribution >= 0.6 is 11.8 Å². The van der Waals surface area contributed by atoms with Crippen molar-refractivity contribution in [2.24, 2.45) is 0 Å². The number of ether oxygens (including phenoxy) is 1. The van der Waals surface area contributed by atoms with E-state index in [4.69, 9.17) is 4.74 Å². The van der Waals surface area contributed by atoms with Gasteiger partial charge in [-0.1, -0.05) is 0 Å². The number of carbonyl (C=O) groups excluding carboxylic acids is 2. The first-order chi connectivity index (χ1) is 8.30. The lowest BCUT2D eigenvalue weighted by atomic mass is 10.2. The minimum Gasteiger partial charge on any atom is -0.459 e. The van der Waals surface area contributed by atoms with E-state index in [1.165, 1.54) is 12.1 Å². The minimum absolute atomic E-state index is 0.0824. The summed E-state index contributed by atoms with van der Waals surface area (Å²) in [4.78, 5) is 22.6. The smallest absolute Gasteiger partial charge is 0.316 e. The molecule has 0 amide bonds. The van der Waals surface area contributed by atoms with Gasteiger partial charge in [-0.2, -0.15) is 0 Å². The Hall–Kier alpha value is -1.36. The number of benzene rings is 1. The Bertz CT molecular complexity index is 452. The fourth-order valence-electron chi connectivity index (χ4n) is 1.25. The van der Waals surface area contributed by atoms with Crippen molar-refractivity contribution in [2.75, 3.05) is 5.75 Å². The minimum atomic E-state index is -0.534. The maximum Gasteiger partial charge on any atom is 0.316 e. The molecule has 0 unspecified atom stereocenters. The monoisotopic (exact) mass is 270 g/mol. The molecule has 0 N–H and O–H groups in total. The first-order valence-electron chi connectivity index (χ1n) is 5.40. The van der Waals surface area contributed by atoms with Gasteiger partial charge in [0.15, 0.2) is 0 Å². The molecular formula is C13H15FO3S. The normalized spacial score (nSPS) is 11.1. The van der Waals surface area contributed by atoms with Crippen LogP contribution in [0.25, 0.3) is 0 Å². The summed E-state index contributed by atoms with van der Waals surface area (Å²) >= 11 is 1.14. The molecule has 0 bridgehead atoms. The van der Waals surface area contributed by atoms with Crippen molar-refractivity contribution < 1.29 is 18.7 Å². The third-order valence-corrected chi connectivity index (χ3v) is 2.76. The van der Waals surface area contributed by atoms with Gasteiger partial charge in [0.05, 0.1) is 5.75 Å². The van der Waals surface area contributed by atoms with Gasteiger partial charge in [-0.05, 0) is 39.0 Å². The van der Waals surface area contributed by atoms with E-state index in [-0.39, 0.29) is 17.3 Å². The van der Waals surface area contributed by atoms with Crippen LogP contribution in [0.5, 0.6) is 0 Å². The summed E-state index contributed by atoms with van der Waals surface area (Å²) in [7, 11) is 0. The maximum absolute atomic E-state index is 13.1. The average molecular weight is 270 g/mol. The largest absolute Gasteiger partial charge is 0.459 e. The number of aldehydes is 1. The molecule has 1 aromatic carbocycles. The van der Waals surface area contributed by atoms with Gasteiger partial charge in [0.1, 0.15) is 17.7 Å². The number of hydrogen-bond acceptors (Lipinski definition) is 4. The van der Waals surface area contributed by atoms with Crippen molar-refractivity contribution in [1.29, 1.82) is 0 Å². The summed E-state index contributed by atoms with van der Waals surface area (Å²) in [5.74, 6) is -0.783. The second kappa shape index (κ2) is 6.00. The van der Waals surface area contributed by atoms with E-state index < -0.39 is 11.4 Å². The zero-order valence-electron chi connectivity index (χ0n) is 10.5. The van der Waals surface area contributed by atoms with E-state index in [0.717, 1.165) is 17.8 Å². The molecule has 18 heavy (non-hydrogen) atoms. The summed E-state index contributed by atoms with van der Waals surface area (Å²) < 4.78 is 18.2. The van der Waals surface area contributed by atoms with Crippen molar-refractivity contribution >= 4 is 24.0 Å². The van der Waals surface area contributed by atoms with Crippen LogP contribution in [0, 0.1) is 5.82 Å². The Kier molecular flexibility index (Phi) is 4.90. The predicted molar refractivity (Wildman–Crippen MR) is 68.4 cm³/mol. The number of halogens is 1. The second-order valence-corrected chi connectivity index (χ2v) is 5.76. The fourth-order valence-corrected chi connectivity index (χ4v) is 2.01. The van der Waals surface area contributed by atoms with E-state index in [1.807, 2.05) is 0 Å². The van der Waals surface area contributed by atoms with Crippen LogP contribution in [0.2, 0.25) is 0 Å². The SMILES string of the molecule is CC(C)(C)OC(=O)CSc1cc(F)cc(C=O)c1. The number of thioether (sulfide) groups is 1. The van der Waals surface area contributed by atoms with Crippen LogP contribution in [0.3, 0.4) is 0 Å². The number of carbonyl (C=O) groups is 2. The van der Waals surface area contributed by atoms with E-state index >= 15 is 0 Å². The standard InChI is InChI=1S/C13H15FO3S/c1-13(2,3)17-12(16)8-18-11-5-9(7-15)4-10(14)6-11/h4-7H,8H2,1-3H3. The highest BCUT2D eigenvalue weighted by atomic mass is 32.2. The van der Waals surface area contributed by atoms with Crippen molar-refractivity contribution in [2.45, 2.75) is 31.3 Å². The molecular weight excluding hydrogens is 255 g/mol. The molecule has 0 heterocycles. The van der Waals surface area contributed by atoms with Crippen molar-refractivity contribution in [1.82, 2.24) is 0 Å². The molecule has 0 aliphatic carbocycles. The Morgan fingerprint density at radius 1 is 1.39 bits per heavy atom. The van der Waals surface area contributed by atoms with Crippen molar-refractivity contribution in [3.05, 3.63) is 29.6 Å². The van der Waals surface area contributed by atoms with E-state index in [1.54, 1.807) is 20.8 Å². The van der Waals surface area contributed by atoms with Crippen LogP contribution in [0.4, 0.5) is 4.39 Å². The van der Waals surface area contributed by atoms with Gasteiger partial charge in [-0.25, -0.2) is 4.39 Å². The van der Waals surface area contributed by atoms with Crippen LogP contribution < -0.4 is 0 Å². The number of esters is 1. The topological polar surface area (TPSA) is 43.4 Å². The fraction of sp³-hybridized carbons (Fsp3) is 0.385. The number of rotatable bonds is 4. The highest BCUT2D eigenvalue weighted by Crippen LogP contribution is 2.21. The molecule has 98 valence electrons. The highest BCUT2D eigenvalue weighted by molar-refractivity contribution is 8.00.